The van der Waals surface area contributed by atoms with E-state index < -0.39 is 10.0 Å². The lowest BCUT2D eigenvalue weighted by atomic mass is 10.1. The Bertz CT molecular complexity index is 305. The van der Waals surface area contributed by atoms with Crippen LogP contribution in [0.2, 0.25) is 0 Å². The molecule has 0 aliphatic rings. The first-order chi connectivity index (χ1) is 9.12. The van der Waals surface area contributed by atoms with Crippen molar-refractivity contribution in [3.05, 3.63) is 12.7 Å². The molecule has 20 heavy (non-hydrogen) atoms. The summed E-state index contributed by atoms with van der Waals surface area (Å²) in [6.07, 6.45) is 13.8. The Labute approximate surface area is 124 Å². The van der Waals surface area contributed by atoms with Gasteiger partial charge < -0.3 is 0 Å². The van der Waals surface area contributed by atoms with Gasteiger partial charge in [0.25, 0.3) is 0 Å². The van der Waals surface area contributed by atoms with E-state index in [2.05, 4.69) is 18.2 Å². The first-order valence-electron chi connectivity index (χ1n) is 7.70. The third kappa shape index (κ3) is 15.6. The standard InChI is InChI=1S/C15H31NO2S.FH/c1-3-5-6-7-8-9-10-11-12-13-15-19(17,18)16-14-4-2;/h4,16H,2-3,5-15H2,1H3;1H. The summed E-state index contributed by atoms with van der Waals surface area (Å²) in [5.74, 6) is 0.247. The van der Waals surface area contributed by atoms with E-state index in [9.17, 15) is 8.42 Å². The van der Waals surface area contributed by atoms with Crippen LogP contribution < -0.4 is 4.72 Å². The summed E-state index contributed by atoms with van der Waals surface area (Å²) in [5.41, 5.74) is 0. The Morgan fingerprint density at radius 3 is 1.80 bits per heavy atom. The Morgan fingerprint density at radius 1 is 0.900 bits per heavy atom. The molecule has 122 valence electrons. The van der Waals surface area contributed by atoms with E-state index in [1.807, 2.05) is 0 Å². The van der Waals surface area contributed by atoms with Crippen LogP contribution in [0.1, 0.15) is 71.1 Å². The Morgan fingerprint density at radius 2 is 1.35 bits per heavy atom. The second kappa shape index (κ2) is 15.0. The number of hydrogen-bond donors (Lipinski definition) is 1. The van der Waals surface area contributed by atoms with Crippen LogP contribution in [0.5, 0.6) is 0 Å². The van der Waals surface area contributed by atoms with Crippen molar-refractivity contribution in [1.82, 2.24) is 4.72 Å². The lowest BCUT2D eigenvalue weighted by molar-refractivity contribution is 0.555. The van der Waals surface area contributed by atoms with Gasteiger partial charge in [0.05, 0.1) is 5.75 Å². The van der Waals surface area contributed by atoms with E-state index in [-0.39, 0.29) is 10.5 Å². The highest BCUT2D eigenvalue weighted by atomic mass is 32.2. The zero-order chi connectivity index (χ0) is 14.4. The lowest BCUT2D eigenvalue weighted by Crippen LogP contribution is -2.26. The van der Waals surface area contributed by atoms with Gasteiger partial charge in [-0.2, -0.15) is 0 Å². The second-order valence-corrected chi connectivity index (χ2v) is 7.06. The quantitative estimate of drug-likeness (QED) is 0.387. The van der Waals surface area contributed by atoms with Crippen LogP contribution in [0.25, 0.3) is 0 Å². The van der Waals surface area contributed by atoms with Crippen molar-refractivity contribution in [2.75, 3.05) is 12.3 Å². The van der Waals surface area contributed by atoms with E-state index in [0.29, 0.717) is 6.54 Å². The minimum atomic E-state index is -3.07. The fourth-order valence-electron chi connectivity index (χ4n) is 2.04. The van der Waals surface area contributed by atoms with Crippen molar-refractivity contribution in [3.8, 4) is 0 Å². The van der Waals surface area contributed by atoms with Gasteiger partial charge >= 0.3 is 0 Å². The average molecular weight is 309 g/mol. The van der Waals surface area contributed by atoms with Gasteiger partial charge in [0.1, 0.15) is 0 Å². The molecule has 0 heterocycles. The normalized spacial score (nSPS) is 11.1. The van der Waals surface area contributed by atoms with E-state index in [1.165, 1.54) is 44.9 Å². The van der Waals surface area contributed by atoms with Crippen LogP contribution in [0.15, 0.2) is 12.7 Å². The summed E-state index contributed by atoms with van der Waals surface area (Å²) in [7, 11) is -3.07. The van der Waals surface area contributed by atoms with Crippen LogP contribution in [-0.2, 0) is 10.0 Å². The average Bonchev–Trinajstić information content (AvgIpc) is 2.38. The maximum atomic E-state index is 11.5. The number of halogens is 1. The lowest BCUT2D eigenvalue weighted by Gasteiger charge is -2.04. The third-order valence-corrected chi connectivity index (χ3v) is 4.65. The molecular formula is C15H32FNO2S. The summed E-state index contributed by atoms with van der Waals surface area (Å²) < 4.78 is 25.4. The van der Waals surface area contributed by atoms with Gasteiger partial charge in [-0.15, -0.1) is 6.58 Å². The van der Waals surface area contributed by atoms with E-state index >= 15 is 0 Å². The van der Waals surface area contributed by atoms with Crippen molar-refractivity contribution in [3.63, 3.8) is 0 Å². The Hall–Kier alpha value is -0.420. The molecule has 1 N–H and O–H groups in total. The SMILES string of the molecule is C=CCNS(=O)(=O)CCCCCCCCCCCC.F. The molecule has 0 bridgehead atoms. The molecule has 0 atom stereocenters. The topological polar surface area (TPSA) is 46.2 Å². The minimum Gasteiger partial charge on any atom is -0.269 e. The zero-order valence-corrected chi connectivity index (χ0v) is 13.7. The van der Waals surface area contributed by atoms with Gasteiger partial charge in [-0.25, -0.2) is 13.1 Å². The zero-order valence-electron chi connectivity index (χ0n) is 12.9. The number of hydrogen-bond acceptors (Lipinski definition) is 2. The van der Waals surface area contributed by atoms with Crippen molar-refractivity contribution >= 4 is 10.0 Å². The summed E-state index contributed by atoms with van der Waals surface area (Å²) in [6.45, 7) is 6.06. The summed E-state index contributed by atoms with van der Waals surface area (Å²) in [5, 5.41) is 0. The molecular weight excluding hydrogens is 277 g/mol. The smallest absolute Gasteiger partial charge is 0.211 e. The van der Waals surface area contributed by atoms with Crippen molar-refractivity contribution in [2.45, 2.75) is 71.1 Å². The van der Waals surface area contributed by atoms with Gasteiger partial charge in [-0.3, -0.25) is 4.70 Å². The molecule has 0 rings (SSSR count). The highest BCUT2D eigenvalue weighted by Crippen LogP contribution is 2.10. The molecule has 0 fully saturated rings. The van der Waals surface area contributed by atoms with Crippen molar-refractivity contribution in [2.24, 2.45) is 0 Å². The van der Waals surface area contributed by atoms with Gasteiger partial charge in [-0.05, 0) is 6.42 Å². The second-order valence-electron chi connectivity index (χ2n) is 5.14. The molecule has 0 aromatic heterocycles. The van der Waals surface area contributed by atoms with Crippen molar-refractivity contribution in [1.29, 1.82) is 0 Å². The molecule has 0 unspecified atom stereocenters. The van der Waals surface area contributed by atoms with Crippen LogP contribution in [0.3, 0.4) is 0 Å². The highest BCUT2D eigenvalue weighted by molar-refractivity contribution is 7.89. The highest BCUT2D eigenvalue weighted by Gasteiger charge is 2.07. The largest absolute Gasteiger partial charge is 0.269 e. The third-order valence-electron chi connectivity index (χ3n) is 3.21. The summed E-state index contributed by atoms with van der Waals surface area (Å²) in [6, 6.07) is 0. The van der Waals surface area contributed by atoms with Crippen LogP contribution in [0, 0.1) is 0 Å². The fraction of sp³-hybridized carbons (Fsp3) is 0.867. The number of sulfonamides is 1. The van der Waals surface area contributed by atoms with E-state index in [0.717, 1.165) is 19.3 Å². The fourth-order valence-corrected chi connectivity index (χ4v) is 3.14. The van der Waals surface area contributed by atoms with Gasteiger partial charge in [-0.1, -0.05) is 70.8 Å². The molecule has 5 heteroatoms. The molecule has 0 saturated carbocycles. The van der Waals surface area contributed by atoms with Gasteiger partial charge in [0.2, 0.25) is 10.0 Å². The Kier molecular flexibility index (Phi) is 16.4. The molecule has 0 amide bonds. The number of unbranched alkanes of at least 4 members (excludes halogenated alkanes) is 9. The molecule has 3 nitrogen and oxygen atoms in total. The predicted molar refractivity (Wildman–Crippen MR) is 86.3 cm³/mol. The van der Waals surface area contributed by atoms with E-state index in [4.69, 9.17) is 0 Å². The first-order valence-corrected chi connectivity index (χ1v) is 9.36. The molecule has 0 saturated heterocycles. The predicted octanol–water partition coefficient (Wildman–Crippen LogP) is 4.17. The van der Waals surface area contributed by atoms with Gasteiger partial charge in [0, 0.05) is 6.54 Å². The minimum absolute atomic E-state index is 0. The maximum Gasteiger partial charge on any atom is 0.211 e. The summed E-state index contributed by atoms with van der Waals surface area (Å²) >= 11 is 0. The maximum absolute atomic E-state index is 11.5. The molecule has 0 radical (unpaired) electrons. The molecule has 0 aliphatic carbocycles. The molecule has 0 aliphatic heterocycles. The van der Waals surface area contributed by atoms with Crippen LogP contribution >= 0.6 is 0 Å². The first kappa shape index (κ1) is 21.9. The molecule has 0 spiro atoms. The molecule has 0 aromatic carbocycles. The van der Waals surface area contributed by atoms with E-state index in [1.54, 1.807) is 6.08 Å². The number of rotatable bonds is 14. The van der Waals surface area contributed by atoms with Gasteiger partial charge in [0.15, 0.2) is 0 Å². The van der Waals surface area contributed by atoms with Crippen molar-refractivity contribution < 1.29 is 13.1 Å². The monoisotopic (exact) mass is 309 g/mol. The van der Waals surface area contributed by atoms with Crippen LogP contribution in [-0.4, -0.2) is 20.7 Å². The number of nitrogens with one attached hydrogen (secondary N) is 1. The summed E-state index contributed by atoms with van der Waals surface area (Å²) in [4.78, 5) is 0. The van der Waals surface area contributed by atoms with Crippen LogP contribution in [0.4, 0.5) is 4.70 Å². The Balaban J connectivity index is 0. The molecule has 0 aromatic rings.